The number of rotatable bonds is 4. The molecule has 1 heterocycles. The number of amides is 1. The van der Waals surface area contributed by atoms with Crippen LogP contribution in [0.1, 0.15) is 18.5 Å². The van der Waals surface area contributed by atoms with Crippen LogP contribution in [0.2, 0.25) is 0 Å². The summed E-state index contributed by atoms with van der Waals surface area (Å²) in [6, 6.07) is 10.4. The lowest BCUT2D eigenvalue weighted by Crippen LogP contribution is -2.29. The molecule has 4 heteroatoms. The SMILES string of the molecule is Cc1cc2ccccc2n1CCCC(=O)NN. The molecular formula is C13H17N3O. The minimum absolute atomic E-state index is 0.112. The van der Waals surface area contributed by atoms with Crippen molar-refractivity contribution in [2.45, 2.75) is 26.3 Å². The molecule has 0 atom stereocenters. The first-order valence-corrected chi connectivity index (χ1v) is 5.76. The average Bonchev–Trinajstić information content (AvgIpc) is 2.66. The molecule has 0 aliphatic carbocycles. The van der Waals surface area contributed by atoms with Crippen LogP contribution in [0.5, 0.6) is 0 Å². The van der Waals surface area contributed by atoms with E-state index >= 15 is 0 Å². The first-order chi connectivity index (χ1) is 8.22. The van der Waals surface area contributed by atoms with Crippen LogP contribution >= 0.6 is 0 Å². The second kappa shape index (κ2) is 5.01. The number of nitrogens with two attached hydrogens (primary N) is 1. The third-order valence-electron chi connectivity index (χ3n) is 2.96. The number of benzene rings is 1. The van der Waals surface area contributed by atoms with Crippen LogP contribution in [0.25, 0.3) is 10.9 Å². The zero-order valence-corrected chi connectivity index (χ0v) is 9.94. The highest BCUT2D eigenvalue weighted by atomic mass is 16.2. The van der Waals surface area contributed by atoms with Crippen LogP contribution in [0.3, 0.4) is 0 Å². The molecule has 2 rings (SSSR count). The highest BCUT2D eigenvalue weighted by Gasteiger charge is 2.05. The molecular weight excluding hydrogens is 214 g/mol. The molecule has 0 saturated carbocycles. The Morgan fingerprint density at radius 2 is 2.18 bits per heavy atom. The van der Waals surface area contributed by atoms with E-state index in [4.69, 9.17) is 5.84 Å². The molecule has 90 valence electrons. The fourth-order valence-corrected chi connectivity index (χ4v) is 2.12. The Morgan fingerprint density at radius 1 is 1.41 bits per heavy atom. The molecule has 0 radical (unpaired) electrons. The summed E-state index contributed by atoms with van der Waals surface area (Å²) >= 11 is 0. The van der Waals surface area contributed by atoms with E-state index in [9.17, 15) is 4.79 Å². The number of hydrogen-bond acceptors (Lipinski definition) is 2. The fourth-order valence-electron chi connectivity index (χ4n) is 2.12. The van der Waals surface area contributed by atoms with Crippen LogP contribution in [0, 0.1) is 6.92 Å². The van der Waals surface area contributed by atoms with E-state index in [-0.39, 0.29) is 5.91 Å². The quantitative estimate of drug-likeness (QED) is 0.478. The van der Waals surface area contributed by atoms with Gasteiger partial charge in [-0.1, -0.05) is 18.2 Å². The van der Waals surface area contributed by atoms with Crippen molar-refractivity contribution in [3.05, 3.63) is 36.0 Å². The van der Waals surface area contributed by atoms with Gasteiger partial charge >= 0.3 is 0 Å². The summed E-state index contributed by atoms with van der Waals surface area (Å²) < 4.78 is 2.24. The van der Waals surface area contributed by atoms with E-state index in [0.717, 1.165) is 13.0 Å². The smallest absolute Gasteiger partial charge is 0.233 e. The maximum absolute atomic E-state index is 11.0. The van der Waals surface area contributed by atoms with Gasteiger partial charge in [-0.2, -0.15) is 0 Å². The topological polar surface area (TPSA) is 60.0 Å². The van der Waals surface area contributed by atoms with E-state index < -0.39 is 0 Å². The molecule has 0 bridgehead atoms. The van der Waals surface area contributed by atoms with Crippen molar-refractivity contribution in [2.24, 2.45) is 5.84 Å². The summed E-state index contributed by atoms with van der Waals surface area (Å²) in [7, 11) is 0. The zero-order chi connectivity index (χ0) is 12.3. The number of nitrogens with zero attached hydrogens (tertiary/aromatic N) is 1. The zero-order valence-electron chi connectivity index (χ0n) is 9.94. The van der Waals surface area contributed by atoms with Gasteiger partial charge in [0.2, 0.25) is 5.91 Å². The number of fused-ring (bicyclic) bond motifs is 1. The van der Waals surface area contributed by atoms with Crippen LogP contribution in [0.15, 0.2) is 30.3 Å². The molecule has 1 aromatic heterocycles. The molecule has 2 aromatic rings. The Bertz CT molecular complexity index is 530. The predicted molar refractivity (Wildman–Crippen MR) is 68.2 cm³/mol. The summed E-state index contributed by atoms with van der Waals surface area (Å²) in [6.45, 7) is 2.93. The lowest BCUT2D eigenvalue weighted by molar-refractivity contribution is -0.121. The van der Waals surface area contributed by atoms with Gasteiger partial charge in [-0.3, -0.25) is 10.2 Å². The number of carbonyl (C=O) groups is 1. The van der Waals surface area contributed by atoms with Crippen molar-refractivity contribution >= 4 is 16.8 Å². The molecule has 0 aliphatic heterocycles. The highest BCUT2D eigenvalue weighted by molar-refractivity contribution is 5.81. The highest BCUT2D eigenvalue weighted by Crippen LogP contribution is 2.19. The molecule has 4 nitrogen and oxygen atoms in total. The molecule has 0 unspecified atom stereocenters. The second-order valence-corrected chi connectivity index (χ2v) is 4.17. The van der Waals surface area contributed by atoms with Gasteiger partial charge < -0.3 is 4.57 Å². The maximum atomic E-state index is 11.0. The largest absolute Gasteiger partial charge is 0.345 e. The summed E-state index contributed by atoms with van der Waals surface area (Å²) in [5, 5.41) is 1.24. The van der Waals surface area contributed by atoms with Crippen molar-refractivity contribution in [3.8, 4) is 0 Å². The number of para-hydroxylation sites is 1. The van der Waals surface area contributed by atoms with E-state index in [1.807, 2.05) is 12.1 Å². The van der Waals surface area contributed by atoms with Gasteiger partial charge in [0.15, 0.2) is 0 Å². The third-order valence-corrected chi connectivity index (χ3v) is 2.96. The van der Waals surface area contributed by atoms with Gasteiger partial charge in [0.1, 0.15) is 0 Å². The van der Waals surface area contributed by atoms with Crippen molar-refractivity contribution in [1.29, 1.82) is 0 Å². The Balaban J connectivity index is 2.12. The van der Waals surface area contributed by atoms with Gasteiger partial charge in [0.05, 0.1) is 0 Å². The Kier molecular flexibility index (Phi) is 3.44. The molecule has 1 aromatic carbocycles. The van der Waals surface area contributed by atoms with Gasteiger partial charge in [-0.05, 0) is 30.9 Å². The van der Waals surface area contributed by atoms with E-state index in [2.05, 4.69) is 35.1 Å². The van der Waals surface area contributed by atoms with Crippen molar-refractivity contribution in [1.82, 2.24) is 9.99 Å². The Morgan fingerprint density at radius 3 is 2.94 bits per heavy atom. The van der Waals surface area contributed by atoms with Crippen molar-refractivity contribution < 1.29 is 4.79 Å². The predicted octanol–water partition coefficient (Wildman–Crippen LogP) is 1.72. The number of aromatic nitrogens is 1. The van der Waals surface area contributed by atoms with E-state index in [1.54, 1.807) is 0 Å². The third kappa shape index (κ3) is 2.47. The standard InChI is InChI=1S/C13H17N3O/c1-10-9-11-5-2-3-6-12(11)16(10)8-4-7-13(17)15-14/h2-3,5-6,9H,4,7-8,14H2,1H3,(H,15,17). The van der Waals surface area contributed by atoms with Gasteiger partial charge in [0, 0.05) is 24.2 Å². The summed E-state index contributed by atoms with van der Waals surface area (Å²) in [5.74, 6) is 4.93. The first-order valence-electron chi connectivity index (χ1n) is 5.76. The lowest BCUT2D eigenvalue weighted by atomic mass is 10.2. The first kappa shape index (κ1) is 11.7. The van der Waals surface area contributed by atoms with Crippen LogP contribution in [0.4, 0.5) is 0 Å². The summed E-state index contributed by atoms with van der Waals surface area (Å²) in [4.78, 5) is 11.0. The average molecular weight is 231 g/mol. The van der Waals surface area contributed by atoms with Gasteiger partial charge in [-0.25, -0.2) is 5.84 Å². The Labute approximate surface area is 100 Å². The van der Waals surface area contributed by atoms with Crippen LogP contribution in [-0.4, -0.2) is 10.5 Å². The monoisotopic (exact) mass is 231 g/mol. The molecule has 1 amide bonds. The van der Waals surface area contributed by atoms with Crippen LogP contribution in [-0.2, 0) is 11.3 Å². The molecule has 0 aliphatic rings. The number of carbonyl (C=O) groups excluding carboxylic acids is 1. The number of hydrazine groups is 1. The van der Waals surface area contributed by atoms with Gasteiger partial charge in [0.25, 0.3) is 0 Å². The summed E-state index contributed by atoms with van der Waals surface area (Å²) in [6.07, 6.45) is 1.25. The van der Waals surface area contributed by atoms with Crippen molar-refractivity contribution in [2.75, 3.05) is 0 Å². The Hall–Kier alpha value is -1.81. The van der Waals surface area contributed by atoms with E-state index in [1.165, 1.54) is 16.6 Å². The minimum atomic E-state index is -0.112. The minimum Gasteiger partial charge on any atom is -0.345 e. The second-order valence-electron chi connectivity index (χ2n) is 4.17. The number of hydrogen-bond donors (Lipinski definition) is 2. The maximum Gasteiger partial charge on any atom is 0.233 e. The normalized spacial score (nSPS) is 10.7. The fraction of sp³-hybridized carbons (Fsp3) is 0.308. The molecule has 17 heavy (non-hydrogen) atoms. The van der Waals surface area contributed by atoms with Crippen molar-refractivity contribution in [3.63, 3.8) is 0 Å². The number of aryl methyl sites for hydroxylation is 2. The van der Waals surface area contributed by atoms with Crippen LogP contribution < -0.4 is 11.3 Å². The summed E-state index contributed by atoms with van der Waals surface area (Å²) in [5.41, 5.74) is 4.59. The molecule has 0 saturated heterocycles. The molecule has 3 N–H and O–H groups in total. The van der Waals surface area contributed by atoms with Gasteiger partial charge in [-0.15, -0.1) is 0 Å². The lowest BCUT2D eigenvalue weighted by Gasteiger charge is -2.07. The molecule has 0 fully saturated rings. The number of nitrogens with one attached hydrogen (secondary N) is 1. The van der Waals surface area contributed by atoms with E-state index in [0.29, 0.717) is 6.42 Å². The molecule has 0 spiro atoms.